The molecule has 0 fully saturated rings. The quantitative estimate of drug-likeness (QED) is 0.449. The highest BCUT2D eigenvalue weighted by molar-refractivity contribution is 7.80. The highest BCUT2D eigenvalue weighted by atomic mass is 32.1. The first-order valence-electron chi connectivity index (χ1n) is 2.76. The zero-order chi connectivity index (χ0) is 8.15. The van der Waals surface area contributed by atoms with Crippen molar-refractivity contribution in [3.05, 3.63) is 12.2 Å². The molecule has 0 aliphatic rings. The van der Waals surface area contributed by atoms with Crippen LogP contribution in [0.3, 0.4) is 0 Å². The smallest absolute Gasteiger partial charge is 0.230 e. The molecule has 56 valence electrons. The van der Waals surface area contributed by atoms with Crippen molar-refractivity contribution < 1.29 is 4.79 Å². The highest BCUT2D eigenvalue weighted by Crippen LogP contribution is 1.93. The average molecular weight is 158 g/mol. The van der Waals surface area contributed by atoms with E-state index in [4.69, 9.17) is 5.73 Å². The van der Waals surface area contributed by atoms with Crippen molar-refractivity contribution >= 4 is 23.2 Å². The summed E-state index contributed by atoms with van der Waals surface area (Å²) in [5.41, 5.74) is 5.82. The summed E-state index contributed by atoms with van der Waals surface area (Å²) in [5, 5.41) is 2.29. The normalized spacial score (nSPS) is 8.50. The Balaban J connectivity index is 3.65. The summed E-state index contributed by atoms with van der Waals surface area (Å²) in [6.45, 7) is 5.32. The van der Waals surface area contributed by atoms with Crippen molar-refractivity contribution in [2.24, 2.45) is 5.73 Å². The van der Waals surface area contributed by atoms with Gasteiger partial charge in [-0.05, 0) is 19.1 Å². The summed E-state index contributed by atoms with van der Waals surface area (Å²) in [4.78, 5) is 10.7. The van der Waals surface area contributed by atoms with Gasteiger partial charge in [0.2, 0.25) is 5.91 Å². The Morgan fingerprint density at radius 3 is 2.60 bits per heavy atom. The first-order valence-corrected chi connectivity index (χ1v) is 3.17. The minimum Gasteiger partial charge on any atom is -0.376 e. The predicted octanol–water partition coefficient (Wildman–Crippen LogP) is 0.312. The molecule has 0 saturated heterocycles. The molecule has 0 aromatic heterocycles. The van der Waals surface area contributed by atoms with Crippen LogP contribution in [0.1, 0.15) is 13.3 Å². The lowest BCUT2D eigenvalue weighted by molar-refractivity contribution is -0.119. The number of amides is 1. The van der Waals surface area contributed by atoms with E-state index >= 15 is 0 Å². The monoisotopic (exact) mass is 158 g/mol. The van der Waals surface area contributed by atoms with Crippen LogP contribution in [-0.4, -0.2) is 11.0 Å². The van der Waals surface area contributed by atoms with Crippen LogP contribution in [0.25, 0.3) is 0 Å². The number of thiocarbonyl (C=S) groups is 1. The molecule has 0 saturated carbocycles. The van der Waals surface area contributed by atoms with Crippen molar-refractivity contribution in [2.45, 2.75) is 13.3 Å². The molecule has 0 spiro atoms. The lowest BCUT2D eigenvalue weighted by Gasteiger charge is -2.00. The van der Waals surface area contributed by atoms with Gasteiger partial charge in [-0.2, -0.15) is 0 Å². The molecule has 1 amide bonds. The Morgan fingerprint density at radius 2 is 2.30 bits per heavy atom. The summed E-state index contributed by atoms with van der Waals surface area (Å²) in [5.74, 6) is -0.208. The Kier molecular flexibility index (Phi) is 3.64. The van der Waals surface area contributed by atoms with Gasteiger partial charge in [-0.1, -0.05) is 12.2 Å². The number of carbonyl (C=O) groups excluding carboxylic acids is 1. The van der Waals surface area contributed by atoms with Crippen LogP contribution in [-0.2, 0) is 4.79 Å². The second-order valence-corrected chi connectivity index (χ2v) is 2.49. The molecule has 0 heterocycles. The zero-order valence-corrected chi connectivity index (χ0v) is 6.62. The number of rotatable bonds is 2. The van der Waals surface area contributed by atoms with Crippen molar-refractivity contribution in [1.82, 2.24) is 5.32 Å². The van der Waals surface area contributed by atoms with Crippen LogP contribution in [0.2, 0.25) is 0 Å². The summed E-state index contributed by atoms with van der Waals surface area (Å²) in [6, 6.07) is 0. The number of nitrogens with two attached hydrogens (primary N) is 1. The van der Waals surface area contributed by atoms with E-state index in [1.54, 1.807) is 6.92 Å². The van der Waals surface area contributed by atoms with E-state index in [0.29, 0.717) is 0 Å². The van der Waals surface area contributed by atoms with Crippen molar-refractivity contribution in [2.75, 3.05) is 0 Å². The zero-order valence-electron chi connectivity index (χ0n) is 5.81. The van der Waals surface area contributed by atoms with Gasteiger partial charge in [-0.15, -0.1) is 0 Å². The molecule has 0 bridgehead atoms. The van der Waals surface area contributed by atoms with E-state index in [2.05, 4.69) is 24.1 Å². The number of hydrogen-bond donors (Lipinski definition) is 2. The van der Waals surface area contributed by atoms with Gasteiger partial charge in [0.25, 0.3) is 0 Å². The molecule has 4 heteroatoms. The standard InChI is InChI=1S/C6H10N2OS/c1-4(2)3-5(9)8-6(7)10/h1,3H2,2H3,(H3,7,8,9,10). The molecule has 0 aliphatic carbocycles. The minimum absolute atomic E-state index is 0.00579. The summed E-state index contributed by atoms with van der Waals surface area (Å²) in [7, 11) is 0. The maximum atomic E-state index is 10.7. The third-order valence-electron chi connectivity index (χ3n) is 0.725. The van der Waals surface area contributed by atoms with E-state index in [9.17, 15) is 4.79 Å². The van der Waals surface area contributed by atoms with Crippen molar-refractivity contribution in [1.29, 1.82) is 0 Å². The fourth-order valence-electron chi connectivity index (χ4n) is 0.456. The molecule has 0 unspecified atom stereocenters. The van der Waals surface area contributed by atoms with Crippen LogP contribution < -0.4 is 11.1 Å². The molecule has 0 atom stereocenters. The molecule has 0 radical (unpaired) electrons. The highest BCUT2D eigenvalue weighted by Gasteiger charge is 2.00. The van der Waals surface area contributed by atoms with Gasteiger partial charge in [-0.3, -0.25) is 4.79 Å². The Morgan fingerprint density at radius 1 is 1.80 bits per heavy atom. The first-order chi connectivity index (χ1) is 4.52. The van der Waals surface area contributed by atoms with Gasteiger partial charge in [-0.25, -0.2) is 0 Å². The summed E-state index contributed by atoms with van der Waals surface area (Å²) >= 11 is 4.44. The van der Waals surface area contributed by atoms with E-state index in [-0.39, 0.29) is 17.4 Å². The average Bonchev–Trinajstić information content (AvgIpc) is 1.58. The number of hydrogen-bond acceptors (Lipinski definition) is 2. The van der Waals surface area contributed by atoms with Crippen LogP contribution in [0.5, 0.6) is 0 Å². The van der Waals surface area contributed by atoms with Crippen LogP contribution in [0.15, 0.2) is 12.2 Å². The third kappa shape index (κ3) is 5.24. The van der Waals surface area contributed by atoms with Gasteiger partial charge in [0, 0.05) is 6.42 Å². The van der Waals surface area contributed by atoms with E-state index in [1.807, 2.05) is 0 Å². The Labute approximate surface area is 65.3 Å². The van der Waals surface area contributed by atoms with Gasteiger partial charge in [0.05, 0.1) is 0 Å². The minimum atomic E-state index is -0.208. The first kappa shape index (κ1) is 9.10. The van der Waals surface area contributed by atoms with E-state index < -0.39 is 0 Å². The SMILES string of the molecule is C=C(C)CC(=O)NC(N)=S. The second-order valence-electron chi connectivity index (χ2n) is 2.05. The van der Waals surface area contributed by atoms with Gasteiger partial charge in [0.15, 0.2) is 5.11 Å². The molecular weight excluding hydrogens is 148 g/mol. The fraction of sp³-hybridized carbons (Fsp3) is 0.333. The van der Waals surface area contributed by atoms with Crippen LogP contribution in [0, 0.1) is 0 Å². The third-order valence-corrected chi connectivity index (χ3v) is 0.827. The molecule has 3 N–H and O–H groups in total. The summed E-state index contributed by atoms with van der Waals surface area (Å²) < 4.78 is 0. The topological polar surface area (TPSA) is 55.1 Å². The van der Waals surface area contributed by atoms with Crippen molar-refractivity contribution in [3.63, 3.8) is 0 Å². The molecule has 3 nitrogen and oxygen atoms in total. The maximum absolute atomic E-state index is 10.7. The lowest BCUT2D eigenvalue weighted by Crippen LogP contribution is -2.34. The van der Waals surface area contributed by atoms with Gasteiger partial charge < -0.3 is 11.1 Å². The lowest BCUT2D eigenvalue weighted by atomic mass is 10.2. The Bertz CT molecular complexity index is 159. The predicted molar refractivity (Wildman–Crippen MR) is 44.4 cm³/mol. The fourth-order valence-corrected chi connectivity index (χ4v) is 0.570. The maximum Gasteiger partial charge on any atom is 0.230 e. The molecule has 0 aliphatic heterocycles. The summed E-state index contributed by atoms with van der Waals surface area (Å²) in [6.07, 6.45) is 0.275. The van der Waals surface area contributed by atoms with E-state index in [0.717, 1.165) is 5.57 Å². The second kappa shape index (κ2) is 4.00. The Hall–Kier alpha value is -0.900. The van der Waals surface area contributed by atoms with Gasteiger partial charge >= 0.3 is 0 Å². The van der Waals surface area contributed by atoms with Crippen molar-refractivity contribution in [3.8, 4) is 0 Å². The van der Waals surface area contributed by atoms with E-state index in [1.165, 1.54) is 0 Å². The molecule has 10 heavy (non-hydrogen) atoms. The molecular formula is C6H10N2OS. The van der Waals surface area contributed by atoms with Gasteiger partial charge in [0.1, 0.15) is 0 Å². The van der Waals surface area contributed by atoms with Crippen LogP contribution >= 0.6 is 12.2 Å². The molecule has 0 aromatic carbocycles. The number of nitrogens with one attached hydrogen (secondary N) is 1. The number of carbonyl (C=O) groups is 1. The molecule has 0 aromatic rings. The van der Waals surface area contributed by atoms with Crippen LogP contribution in [0.4, 0.5) is 0 Å². The largest absolute Gasteiger partial charge is 0.376 e. The molecule has 0 rings (SSSR count).